The van der Waals surface area contributed by atoms with Crippen molar-refractivity contribution in [1.29, 1.82) is 0 Å². The van der Waals surface area contributed by atoms with Crippen LogP contribution in [-0.4, -0.2) is 88.4 Å². The van der Waals surface area contributed by atoms with E-state index in [4.69, 9.17) is 0 Å². The Morgan fingerprint density at radius 3 is 2.50 bits per heavy atom. The maximum Gasteiger partial charge on any atom is 0.289 e. The van der Waals surface area contributed by atoms with Gasteiger partial charge in [-0.15, -0.1) is 10.2 Å². The Morgan fingerprint density at radius 1 is 1.11 bits per heavy atom. The molecule has 0 bridgehead atoms. The van der Waals surface area contributed by atoms with Crippen molar-refractivity contribution in [2.75, 3.05) is 50.7 Å². The van der Waals surface area contributed by atoms with Crippen molar-refractivity contribution in [3.63, 3.8) is 0 Å². The summed E-state index contributed by atoms with van der Waals surface area (Å²) in [4.78, 5) is 20.1. The quantitative estimate of drug-likeness (QED) is 0.752. The van der Waals surface area contributed by atoms with Gasteiger partial charge in [0.05, 0.1) is 0 Å². The molecule has 1 N–H and O–H groups in total. The van der Waals surface area contributed by atoms with E-state index >= 15 is 0 Å². The lowest BCUT2D eigenvalue weighted by Gasteiger charge is -2.37. The molecular weight excluding hydrogens is 354 g/mol. The molecule has 2 saturated heterocycles. The van der Waals surface area contributed by atoms with Gasteiger partial charge in [0, 0.05) is 57.9 Å². The van der Waals surface area contributed by atoms with Gasteiger partial charge in [0.25, 0.3) is 5.91 Å². The minimum Gasteiger partial charge on any atom is -0.347 e. The van der Waals surface area contributed by atoms with E-state index in [9.17, 15) is 4.79 Å². The Morgan fingerprint density at radius 2 is 1.86 bits per heavy atom. The molecule has 28 heavy (non-hydrogen) atoms. The predicted molar refractivity (Wildman–Crippen MR) is 110 cm³/mol. The van der Waals surface area contributed by atoms with E-state index in [1.165, 1.54) is 25.9 Å². The number of rotatable bonds is 7. The normalized spacial score (nSPS) is 24.3. The Labute approximate surface area is 168 Å². The molecule has 3 aliphatic rings. The van der Waals surface area contributed by atoms with Crippen LogP contribution in [0.1, 0.15) is 50.7 Å². The lowest BCUT2D eigenvalue weighted by Crippen LogP contribution is -2.50. The van der Waals surface area contributed by atoms with Gasteiger partial charge in [-0.3, -0.25) is 14.3 Å². The number of amides is 1. The predicted octanol–water partition coefficient (Wildman–Crippen LogP) is 1.04. The van der Waals surface area contributed by atoms with E-state index in [1.54, 1.807) is 0 Å². The molecule has 0 aromatic carbocycles. The molecule has 1 aliphatic carbocycles. The molecular formula is C20H35N7O. The second-order valence-corrected chi connectivity index (χ2v) is 8.86. The summed E-state index contributed by atoms with van der Waals surface area (Å²) < 4.78 is 2.08. The van der Waals surface area contributed by atoms with Gasteiger partial charge < -0.3 is 15.1 Å². The topological polar surface area (TPSA) is 69.5 Å². The molecule has 0 spiro atoms. The SMILES string of the molecule is CCN1CCN(C2CCN(c3nnc(C(=O)NC(C)C)n3CC3CC3)C2)CC1. The van der Waals surface area contributed by atoms with Crippen LogP contribution in [0.4, 0.5) is 5.95 Å². The molecule has 3 fully saturated rings. The van der Waals surface area contributed by atoms with E-state index in [0.717, 1.165) is 51.6 Å². The largest absolute Gasteiger partial charge is 0.347 e. The molecule has 1 aromatic heterocycles. The molecule has 4 rings (SSSR count). The number of anilines is 1. The summed E-state index contributed by atoms with van der Waals surface area (Å²) in [7, 11) is 0. The molecule has 2 aliphatic heterocycles. The van der Waals surface area contributed by atoms with Crippen LogP contribution in [0.3, 0.4) is 0 Å². The highest BCUT2D eigenvalue weighted by atomic mass is 16.2. The number of nitrogens with one attached hydrogen (secondary N) is 1. The second-order valence-electron chi connectivity index (χ2n) is 8.86. The average molecular weight is 390 g/mol. The molecule has 1 atom stereocenters. The zero-order chi connectivity index (χ0) is 19.7. The van der Waals surface area contributed by atoms with E-state index in [0.29, 0.717) is 17.8 Å². The Hall–Kier alpha value is -1.67. The zero-order valence-corrected chi connectivity index (χ0v) is 17.6. The molecule has 1 saturated carbocycles. The van der Waals surface area contributed by atoms with Crippen LogP contribution in [0.15, 0.2) is 0 Å². The summed E-state index contributed by atoms with van der Waals surface area (Å²) in [6.07, 6.45) is 3.65. The number of carbonyl (C=O) groups is 1. The van der Waals surface area contributed by atoms with Gasteiger partial charge >= 0.3 is 0 Å². The van der Waals surface area contributed by atoms with Gasteiger partial charge in [-0.2, -0.15) is 0 Å². The number of carbonyl (C=O) groups excluding carboxylic acids is 1. The third-order valence-electron chi connectivity index (χ3n) is 6.31. The zero-order valence-electron chi connectivity index (χ0n) is 17.6. The highest BCUT2D eigenvalue weighted by molar-refractivity contribution is 5.91. The van der Waals surface area contributed by atoms with Crippen molar-refractivity contribution >= 4 is 11.9 Å². The number of aromatic nitrogens is 3. The van der Waals surface area contributed by atoms with Crippen LogP contribution < -0.4 is 10.2 Å². The monoisotopic (exact) mass is 389 g/mol. The highest BCUT2D eigenvalue weighted by Gasteiger charge is 2.34. The van der Waals surface area contributed by atoms with E-state index in [-0.39, 0.29) is 11.9 Å². The number of hydrogen-bond donors (Lipinski definition) is 1. The fraction of sp³-hybridized carbons (Fsp3) is 0.850. The van der Waals surface area contributed by atoms with Crippen molar-refractivity contribution in [3.05, 3.63) is 5.82 Å². The minimum absolute atomic E-state index is 0.0972. The molecule has 1 unspecified atom stereocenters. The summed E-state index contributed by atoms with van der Waals surface area (Å²) in [5.41, 5.74) is 0. The second kappa shape index (κ2) is 8.37. The fourth-order valence-electron chi connectivity index (χ4n) is 4.42. The molecule has 1 aromatic rings. The van der Waals surface area contributed by atoms with Crippen LogP contribution in [-0.2, 0) is 6.54 Å². The molecule has 8 heteroatoms. The van der Waals surface area contributed by atoms with Gasteiger partial charge in [0.1, 0.15) is 0 Å². The van der Waals surface area contributed by atoms with Crippen LogP contribution >= 0.6 is 0 Å². The van der Waals surface area contributed by atoms with Gasteiger partial charge in [0.15, 0.2) is 0 Å². The van der Waals surface area contributed by atoms with Crippen molar-refractivity contribution in [2.24, 2.45) is 5.92 Å². The highest BCUT2D eigenvalue weighted by Crippen LogP contribution is 2.33. The fourth-order valence-corrected chi connectivity index (χ4v) is 4.42. The van der Waals surface area contributed by atoms with Crippen molar-refractivity contribution in [1.82, 2.24) is 29.9 Å². The maximum absolute atomic E-state index is 12.6. The molecule has 0 radical (unpaired) electrons. The number of piperazine rings is 1. The van der Waals surface area contributed by atoms with Gasteiger partial charge in [-0.25, -0.2) is 0 Å². The molecule has 156 valence electrons. The lowest BCUT2D eigenvalue weighted by molar-refractivity contribution is 0.0927. The van der Waals surface area contributed by atoms with E-state index < -0.39 is 0 Å². The van der Waals surface area contributed by atoms with Gasteiger partial charge in [-0.1, -0.05) is 6.92 Å². The summed E-state index contributed by atoms with van der Waals surface area (Å²) >= 11 is 0. The van der Waals surface area contributed by atoms with Crippen LogP contribution in [0, 0.1) is 5.92 Å². The maximum atomic E-state index is 12.6. The lowest BCUT2D eigenvalue weighted by atomic mass is 10.2. The smallest absolute Gasteiger partial charge is 0.289 e. The van der Waals surface area contributed by atoms with Crippen LogP contribution in [0.2, 0.25) is 0 Å². The van der Waals surface area contributed by atoms with Crippen LogP contribution in [0.5, 0.6) is 0 Å². The molecule has 8 nitrogen and oxygen atoms in total. The van der Waals surface area contributed by atoms with E-state index in [1.807, 2.05) is 13.8 Å². The molecule has 3 heterocycles. The third-order valence-corrected chi connectivity index (χ3v) is 6.31. The standard InChI is InChI=1S/C20H35N7O/c1-4-24-9-11-25(12-10-24)17-7-8-26(14-17)20-23-22-18(19(28)21-15(2)3)27(20)13-16-5-6-16/h15-17H,4-14H2,1-3H3,(H,21,28). The number of nitrogens with zero attached hydrogens (tertiary/aromatic N) is 6. The summed E-state index contributed by atoms with van der Waals surface area (Å²) in [5, 5.41) is 11.7. The first kappa shape index (κ1) is 19.6. The summed E-state index contributed by atoms with van der Waals surface area (Å²) in [5.74, 6) is 1.91. The van der Waals surface area contributed by atoms with Crippen LogP contribution in [0.25, 0.3) is 0 Å². The number of likely N-dealkylation sites (N-methyl/N-ethyl adjacent to an activating group) is 1. The van der Waals surface area contributed by atoms with Crippen molar-refractivity contribution < 1.29 is 4.79 Å². The van der Waals surface area contributed by atoms with E-state index in [2.05, 4.69) is 41.7 Å². The Kier molecular flexibility index (Phi) is 5.87. The van der Waals surface area contributed by atoms with Gasteiger partial charge in [-0.05, 0) is 45.6 Å². The Bertz CT molecular complexity index is 676. The van der Waals surface area contributed by atoms with Crippen molar-refractivity contribution in [3.8, 4) is 0 Å². The Balaban J connectivity index is 1.45. The summed E-state index contributed by atoms with van der Waals surface area (Å²) in [6.45, 7) is 14.8. The first-order chi connectivity index (χ1) is 13.5. The van der Waals surface area contributed by atoms with Crippen molar-refractivity contribution in [2.45, 2.75) is 58.7 Å². The number of hydrogen-bond acceptors (Lipinski definition) is 6. The first-order valence-corrected chi connectivity index (χ1v) is 11.0. The molecule has 1 amide bonds. The summed E-state index contributed by atoms with van der Waals surface area (Å²) in [6, 6.07) is 0.679. The van der Waals surface area contributed by atoms with Gasteiger partial charge in [0.2, 0.25) is 11.8 Å². The minimum atomic E-state index is -0.110. The third kappa shape index (κ3) is 4.33. The first-order valence-electron chi connectivity index (χ1n) is 11.0. The average Bonchev–Trinajstić information content (AvgIpc) is 3.19.